The van der Waals surface area contributed by atoms with Crippen LogP contribution in [0, 0.1) is 11.8 Å². The van der Waals surface area contributed by atoms with Gasteiger partial charge >= 0.3 is 6.03 Å². The maximum Gasteiger partial charge on any atom is 0.323 e. The molecule has 3 heterocycles. The highest BCUT2D eigenvalue weighted by Crippen LogP contribution is 2.28. The van der Waals surface area contributed by atoms with Gasteiger partial charge in [-0.05, 0) is 67.5 Å². The molecule has 3 amide bonds. The Hall–Kier alpha value is -4.07. The number of carbonyl (C=O) groups is 2. The Morgan fingerprint density at radius 2 is 1.87 bits per heavy atom. The number of amides is 3. The van der Waals surface area contributed by atoms with Gasteiger partial charge in [-0.3, -0.25) is 15.0 Å². The molecular weight excluding hydrogens is 484 g/mol. The highest BCUT2D eigenvalue weighted by molar-refractivity contribution is 6.09. The second kappa shape index (κ2) is 10.7. The van der Waals surface area contributed by atoms with Crippen LogP contribution in [0.3, 0.4) is 0 Å². The first-order chi connectivity index (χ1) is 18.4. The summed E-state index contributed by atoms with van der Waals surface area (Å²) < 4.78 is 5.33. The number of oxime groups is 1. The average Bonchev–Trinajstić information content (AvgIpc) is 3.35. The van der Waals surface area contributed by atoms with Crippen LogP contribution in [-0.4, -0.2) is 90.1 Å². The third-order valence-corrected chi connectivity index (χ3v) is 7.28. The standard InChI is InChI=1S/C28H32N6O4/c1-32-12-3-13-34(15-14-32)25(31-37)21-6-4-20(5-7-21)10-11-28(26(35)29-27(36)30-28)19-33-17-22-8-9-24(38-2)16-23(22)18-33/h4-9,16,37H,3,12-15,17-19H2,1-2H3,(H2,29,30,35,36)/t28-/m1/s1. The molecule has 3 aliphatic rings. The fraction of sp³-hybridized carbons (Fsp3) is 0.393. The first-order valence-electron chi connectivity index (χ1n) is 12.7. The fourth-order valence-electron chi connectivity index (χ4n) is 5.19. The highest BCUT2D eigenvalue weighted by atomic mass is 16.5. The average molecular weight is 517 g/mol. The van der Waals surface area contributed by atoms with Gasteiger partial charge in [0.15, 0.2) is 11.4 Å². The zero-order valence-corrected chi connectivity index (χ0v) is 21.7. The summed E-state index contributed by atoms with van der Waals surface area (Å²) >= 11 is 0. The molecule has 0 saturated carbocycles. The van der Waals surface area contributed by atoms with E-state index in [-0.39, 0.29) is 6.54 Å². The SMILES string of the molecule is COc1ccc2c(c1)CN(C[C@@]1(C#Cc3ccc(C(=NO)N4CCCN(C)CC4)cc3)NC(=O)NC1=O)C2. The molecule has 3 N–H and O–H groups in total. The van der Waals surface area contributed by atoms with Crippen molar-refractivity contribution in [1.82, 2.24) is 25.3 Å². The van der Waals surface area contributed by atoms with E-state index in [4.69, 9.17) is 4.74 Å². The Bertz CT molecular complexity index is 1310. The summed E-state index contributed by atoms with van der Waals surface area (Å²) in [7, 11) is 3.72. The van der Waals surface area contributed by atoms with E-state index in [0.29, 0.717) is 24.5 Å². The first-order valence-corrected chi connectivity index (χ1v) is 12.7. The Labute approximate surface area is 222 Å². The quantitative estimate of drug-likeness (QED) is 0.141. The van der Waals surface area contributed by atoms with Crippen LogP contribution in [0.4, 0.5) is 4.79 Å². The summed E-state index contributed by atoms with van der Waals surface area (Å²) in [4.78, 5) is 31.5. The van der Waals surface area contributed by atoms with Crippen LogP contribution < -0.4 is 15.4 Å². The summed E-state index contributed by atoms with van der Waals surface area (Å²) in [6, 6.07) is 12.8. The summed E-state index contributed by atoms with van der Waals surface area (Å²) in [5.41, 5.74) is 2.40. The van der Waals surface area contributed by atoms with Crippen LogP contribution in [0.5, 0.6) is 5.75 Å². The lowest BCUT2D eigenvalue weighted by Gasteiger charge is -2.26. The van der Waals surface area contributed by atoms with Gasteiger partial charge < -0.3 is 25.1 Å². The van der Waals surface area contributed by atoms with Crippen LogP contribution in [-0.2, 0) is 17.9 Å². The van der Waals surface area contributed by atoms with E-state index in [2.05, 4.69) is 49.4 Å². The van der Waals surface area contributed by atoms with E-state index in [9.17, 15) is 14.8 Å². The van der Waals surface area contributed by atoms with Crippen molar-refractivity contribution in [2.24, 2.45) is 5.16 Å². The third kappa shape index (κ3) is 5.30. The smallest absolute Gasteiger partial charge is 0.323 e. The van der Waals surface area contributed by atoms with Crippen LogP contribution in [0.1, 0.15) is 28.7 Å². The topological polar surface area (TPSA) is 110 Å². The van der Waals surface area contributed by atoms with Gasteiger partial charge in [0.25, 0.3) is 5.91 Å². The number of benzene rings is 2. The Balaban J connectivity index is 1.33. The monoisotopic (exact) mass is 516 g/mol. The largest absolute Gasteiger partial charge is 0.497 e. The lowest BCUT2D eigenvalue weighted by molar-refractivity contribution is -0.122. The predicted molar refractivity (Wildman–Crippen MR) is 142 cm³/mol. The summed E-state index contributed by atoms with van der Waals surface area (Å²) in [6.07, 6.45) is 0.991. The molecule has 2 saturated heterocycles. The van der Waals surface area contributed by atoms with Gasteiger partial charge in [0, 0.05) is 50.4 Å². The van der Waals surface area contributed by atoms with Gasteiger partial charge in [-0.1, -0.05) is 23.1 Å². The number of rotatable bonds is 4. The van der Waals surface area contributed by atoms with E-state index in [1.54, 1.807) is 7.11 Å². The minimum atomic E-state index is -1.36. The van der Waals surface area contributed by atoms with Crippen LogP contribution >= 0.6 is 0 Å². The third-order valence-electron chi connectivity index (χ3n) is 7.28. The molecule has 1 atom stereocenters. The number of methoxy groups -OCH3 is 1. The number of hydrogen-bond donors (Lipinski definition) is 3. The zero-order chi connectivity index (χ0) is 26.7. The van der Waals surface area contributed by atoms with E-state index in [1.165, 1.54) is 0 Å². The maximum absolute atomic E-state index is 12.9. The minimum Gasteiger partial charge on any atom is -0.497 e. The highest BCUT2D eigenvalue weighted by Gasteiger charge is 2.47. The van der Waals surface area contributed by atoms with Gasteiger partial charge in [0.2, 0.25) is 0 Å². The van der Waals surface area contributed by atoms with E-state index >= 15 is 0 Å². The number of likely N-dealkylation sites (N-methyl/N-ethyl adjacent to an activating group) is 1. The van der Waals surface area contributed by atoms with E-state index < -0.39 is 17.5 Å². The molecule has 0 radical (unpaired) electrons. The Morgan fingerprint density at radius 1 is 1.08 bits per heavy atom. The van der Waals surface area contributed by atoms with Gasteiger partial charge in [0.05, 0.1) is 7.11 Å². The van der Waals surface area contributed by atoms with Gasteiger partial charge in [-0.2, -0.15) is 0 Å². The van der Waals surface area contributed by atoms with Crippen LogP contribution in [0.2, 0.25) is 0 Å². The zero-order valence-electron chi connectivity index (χ0n) is 21.7. The van der Waals surface area contributed by atoms with Crippen molar-refractivity contribution in [2.45, 2.75) is 25.0 Å². The molecule has 0 bridgehead atoms. The van der Waals surface area contributed by atoms with Gasteiger partial charge in [-0.25, -0.2) is 4.79 Å². The molecule has 2 aromatic carbocycles. The summed E-state index contributed by atoms with van der Waals surface area (Å²) in [6.45, 7) is 5.02. The molecule has 3 aliphatic heterocycles. The lowest BCUT2D eigenvalue weighted by Crippen LogP contribution is -2.53. The van der Waals surface area contributed by atoms with Crippen LogP contribution in [0.15, 0.2) is 47.6 Å². The molecular formula is C28H32N6O4. The molecule has 0 spiro atoms. The van der Waals surface area contributed by atoms with Crippen LogP contribution in [0.25, 0.3) is 0 Å². The van der Waals surface area contributed by atoms with Crippen molar-refractivity contribution in [1.29, 1.82) is 0 Å². The minimum absolute atomic E-state index is 0.247. The second-order valence-electron chi connectivity index (χ2n) is 9.99. The van der Waals surface area contributed by atoms with E-state index in [1.807, 2.05) is 42.5 Å². The molecule has 0 aromatic heterocycles. The number of carbonyl (C=O) groups excluding carboxylic acids is 2. The Kier molecular flexibility index (Phi) is 7.22. The molecule has 10 heteroatoms. The number of imide groups is 1. The number of fused-ring (bicyclic) bond motifs is 1. The van der Waals surface area contributed by atoms with Gasteiger partial charge in [0.1, 0.15) is 5.75 Å². The molecule has 5 rings (SSSR count). The molecule has 2 aromatic rings. The molecule has 198 valence electrons. The van der Waals surface area contributed by atoms with Crippen molar-refractivity contribution in [3.8, 4) is 17.6 Å². The summed E-state index contributed by atoms with van der Waals surface area (Å²) in [5.74, 6) is 6.99. The van der Waals surface area contributed by atoms with Crippen molar-refractivity contribution < 1.29 is 19.5 Å². The number of amidine groups is 1. The number of ether oxygens (including phenoxy) is 1. The number of nitrogens with zero attached hydrogens (tertiary/aromatic N) is 4. The first kappa shape index (κ1) is 25.6. The normalized spacial score (nSPS) is 22.3. The fourth-order valence-corrected chi connectivity index (χ4v) is 5.19. The van der Waals surface area contributed by atoms with Gasteiger partial charge in [-0.15, -0.1) is 0 Å². The van der Waals surface area contributed by atoms with Crippen molar-refractivity contribution >= 4 is 17.8 Å². The van der Waals surface area contributed by atoms with Crippen molar-refractivity contribution in [2.75, 3.05) is 46.9 Å². The van der Waals surface area contributed by atoms with Crippen molar-refractivity contribution in [3.05, 3.63) is 64.7 Å². The molecule has 0 aliphatic carbocycles. The Morgan fingerprint density at radius 3 is 2.58 bits per heavy atom. The second-order valence-corrected chi connectivity index (χ2v) is 9.99. The summed E-state index contributed by atoms with van der Waals surface area (Å²) in [5, 5.41) is 18.4. The van der Waals surface area contributed by atoms with E-state index in [0.717, 1.165) is 55.0 Å². The number of hydrogen-bond acceptors (Lipinski definition) is 7. The maximum atomic E-state index is 12.9. The number of urea groups is 1. The lowest BCUT2D eigenvalue weighted by atomic mass is 9.99. The molecule has 2 fully saturated rings. The predicted octanol–water partition coefficient (Wildman–Crippen LogP) is 1.41. The number of nitrogens with one attached hydrogen (secondary N) is 2. The molecule has 0 unspecified atom stereocenters. The molecule has 38 heavy (non-hydrogen) atoms. The van der Waals surface area contributed by atoms with Crippen molar-refractivity contribution in [3.63, 3.8) is 0 Å². The molecule has 10 nitrogen and oxygen atoms in total.